The van der Waals surface area contributed by atoms with E-state index in [-0.39, 0.29) is 0 Å². The van der Waals surface area contributed by atoms with Crippen LogP contribution in [0.25, 0.3) is 0 Å². The van der Waals surface area contributed by atoms with Gasteiger partial charge in [0.25, 0.3) is 0 Å². The van der Waals surface area contributed by atoms with Gasteiger partial charge in [-0.3, -0.25) is 0 Å². The molecule has 0 heterocycles. The number of aryl methyl sites for hydroxylation is 1. The highest BCUT2D eigenvalue weighted by molar-refractivity contribution is 7.99. The van der Waals surface area contributed by atoms with E-state index in [4.69, 9.17) is 28.9 Å². The number of nitrogen functional groups attached to an aromatic ring is 1. The van der Waals surface area contributed by atoms with E-state index in [0.29, 0.717) is 10.0 Å². The first-order chi connectivity index (χ1) is 8.06. The summed E-state index contributed by atoms with van der Waals surface area (Å²) in [4.78, 5) is 2.05. The van der Waals surface area contributed by atoms with Crippen molar-refractivity contribution < 1.29 is 0 Å². The molecule has 0 aliphatic heterocycles. The molecule has 0 amide bonds. The maximum Gasteiger partial charge on any atom is 0.0603 e. The lowest BCUT2D eigenvalue weighted by molar-refractivity contribution is 1.36. The fourth-order valence-corrected chi connectivity index (χ4v) is 2.67. The van der Waals surface area contributed by atoms with E-state index < -0.39 is 0 Å². The zero-order chi connectivity index (χ0) is 12.4. The summed E-state index contributed by atoms with van der Waals surface area (Å²) in [5.41, 5.74) is 7.89. The van der Waals surface area contributed by atoms with Gasteiger partial charge in [-0.1, -0.05) is 41.0 Å². The minimum atomic E-state index is 0.558. The lowest BCUT2D eigenvalue weighted by Crippen LogP contribution is -1.89. The van der Waals surface area contributed by atoms with Crippen LogP contribution in [0.15, 0.2) is 46.2 Å². The Kier molecular flexibility index (Phi) is 3.87. The van der Waals surface area contributed by atoms with E-state index >= 15 is 0 Å². The van der Waals surface area contributed by atoms with Gasteiger partial charge in [-0.05, 0) is 42.8 Å². The van der Waals surface area contributed by atoms with Crippen LogP contribution in [0.5, 0.6) is 0 Å². The van der Waals surface area contributed by atoms with Crippen LogP contribution < -0.4 is 5.73 Å². The van der Waals surface area contributed by atoms with E-state index in [1.807, 2.05) is 37.3 Å². The molecule has 0 aliphatic rings. The van der Waals surface area contributed by atoms with E-state index in [9.17, 15) is 0 Å². The largest absolute Gasteiger partial charge is 0.398 e. The molecule has 0 atom stereocenters. The van der Waals surface area contributed by atoms with Crippen molar-refractivity contribution in [3.05, 3.63) is 52.0 Å². The van der Waals surface area contributed by atoms with Crippen LogP contribution in [0.4, 0.5) is 5.69 Å². The van der Waals surface area contributed by atoms with Crippen molar-refractivity contribution in [2.24, 2.45) is 0 Å². The van der Waals surface area contributed by atoms with Crippen molar-refractivity contribution in [1.29, 1.82) is 0 Å². The number of benzene rings is 2. The molecule has 2 aromatic carbocycles. The normalized spacial score (nSPS) is 10.5. The first kappa shape index (κ1) is 12.6. The van der Waals surface area contributed by atoms with Crippen LogP contribution >= 0.6 is 35.0 Å². The number of anilines is 1. The van der Waals surface area contributed by atoms with Crippen molar-refractivity contribution in [3.8, 4) is 0 Å². The average molecular weight is 284 g/mol. The van der Waals surface area contributed by atoms with E-state index in [2.05, 4.69) is 0 Å². The Bertz CT molecular complexity index is 555. The van der Waals surface area contributed by atoms with E-state index in [0.717, 1.165) is 21.0 Å². The molecule has 0 spiro atoms. The quantitative estimate of drug-likeness (QED) is 0.782. The second kappa shape index (κ2) is 5.21. The average Bonchev–Trinajstić information content (AvgIpc) is 2.27. The molecular formula is C13H11Cl2NS. The van der Waals surface area contributed by atoms with Gasteiger partial charge in [0, 0.05) is 15.5 Å². The molecule has 2 rings (SSSR count). The molecule has 88 valence electrons. The lowest BCUT2D eigenvalue weighted by Gasteiger charge is -2.07. The summed E-state index contributed by atoms with van der Waals surface area (Å²) >= 11 is 13.4. The van der Waals surface area contributed by atoms with Gasteiger partial charge in [-0.15, -0.1) is 0 Å². The highest BCUT2D eigenvalue weighted by atomic mass is 35.5. The van der Waals surface area contributed by atoms with Crippen LogP contribution in [0.2, 0.25) is 10.0 Å². The van der Waals surface area contributed by atoms with Crippen LogP contribution in [-0.2, 0) is 0 Å². The smallest absolute Gasteiger partial charge is 0.0603 e. The molecular weight excluding hydrogens is 273 g/mol. The lowest BCUT2D eigenvalue weighted by atomic mass is 10.2. The monoisotopic (exact) mass is 283 g/mol. The van der Waals surface area contributed by atoms with Gasteiger partial charge in [0.15, 0.2) is 0 Å². The molecule has 0 radical (unpaired) electrons. The van der Waals surface area contributed by atoms with E-state index in [1.165, 1.54) is 0 Å². The van der Waals surface area contributed by atoms with Gasteiger partial charge in [-0.25, -0.2) is 0 Å². The Morgan fingerprint density at radius 2 is 1.76 bits per heavy atom. The third-order valence-corrected chi connectivity index (χ3v) is 4.10. The number of halogens is 2. The molecule has 0 saturated heterocycles. The van der Waals surface area contributed by atoms with Crippen molar-refractivity contribution in [1.82, 2.24) is 0 Å². The second-order valence-electron chi connectivity index (χ2n) is 3.72. The molecule has 2 aromatic rings. The zero-order valence-electron chi connectivity index (χ0n) is 9.21. The molecule has 0 fully saturated rings. The summed E-state index contributed by atoms with van der Waals surface area (Å²) in [6.45, 7) is 2.02. The van der Waals surface area contributed by atoms with Gasteiger partial charge in [0.1, 0.15) is 0 Å². The third-order valence-electron chi connectivity index (χ3n) is 2.28. The summed E-state index contributed by atoms with van der Waals surface area (Å²) < 4.78 is 0. The Morgan fingerprint density at radius 1 is 1.00 bits per heavy atom. The van der Waals surface area contributed by atoms with Gasteiger partial charge in [0.05, 0.1) is 10.0 Å². The summed E-state index contributed by atoms with van der Waals surface area (Å²) in [6.07, 6.45) is 0. The number of nitrogens with two attached hydrogens (primary N) is 1. The topological polar surface area (TPSA) is 26.0 Å². The molecule has 1 nitrogen and oxygen atoms in total. The molecule has 0 aromatic heterocycles. The first-order valence-electron chi connectivity index (χ1n) is 5.05. The first-order valence-corrected chi connectivity index (χ1v) is 6.62. The highest BCUT2D eigenvalue weighted by Crippen LogP contribution is 2.35. The maximum absolute atomic E-state index is 5.97. The predicted molar refractivity (Wildman–Crippen MR) is 76.2 cm³/mol. The van der Waals surface area contributed by atoms with Gasteiger partial charge < -0.3 is 5.73 Å². The van der Waals surface area contributed by atoms with Crippen molar-refractivity contribution in [2.45, 2.75) is 16.7 Å². The van der Waals surface area contributed by atoms with Crippen molar-refractivity contribution in [3.63, 3.8) is 0 Å². The summed E-state index contributed by atoms with van der Waals surface area (Å²) in [6, 6.07) is 11.6. The molecule has 4 heteroatoms. The number of hydrogen-bond acceptors (Lipinski definition) is 2. The Labute approximate surface area is 115 Å². The highest BCUT2D eigenvalue weighted by Gasteiger charge is 2.04. The summed E-state index contributed by atoms with van der Waals surface area (Å²) in [5.74, 6) is 0. The fourth-order valence-electron chi connectivity index (χ4n) is 1.43. The fraction of sp³-hybridized carbons (Fsp3) is 0.0769. The Hall–Kier alpha value is -0.830. The third kappa shape index (κ3) is 3.09. The maximum atomic E-state index is 5.97. The van der Waals surface area contributed by atoms with Gasteiger partial charge >= 0.3 is 0 Å². The zero-order valence-corrected chi connectivity index (χ0v) is 11.5. The molecule has 0 unspecified atom stereocenters. The molecule has 2 N–H and O–H groups in total. The van der Waals surface area contributed by atoms with Crippen molar-refractivity contribution >= 4 is 40.7 Å². The minimum absolute atomic E-state index is 0.558. The van der Waals surface area contributed by atoms with Crippen LogP contribution in [0.3, 0.4) is 0 Å². The summed E-state index contributed by atoms with van der Waals surface area (Å²) in [5, 5.41) is 1.12. The predicted octanol–water partition coefficient (Wildman–Crippen LogP) is 5.04. The standard InChI is InChI=1S/C13H11Cl2NS/c1-8-2-5-13(12(16)6-8)17-9-3-4-10(14)11(15)7-9/h2-7H,16H2,1H3. The van der Waals surface area contributed by atoms with Gasteiger partial charge in [0.2, 0.25) is 0 Å². The second-order valence-corrected chi connectivity index (χ2v) is 5.65. The Balaban J connectivity index is 2.28. The Morgan fingerprint density at radius 3 is 2.41 bits per heavy atom. The van der Waals surface area contributed by atoms with Crippen LogP contribution in [0.1, 0.15) is 5.56 Å². The minimum Gasteiger partial charge on any atom is -0.398 e. The molecule has 0 aliphatic carbocycles. The number of rotatable bonds is 2. The summed E-state index contributed by atoms with van der Waals surface area (Å²) in [7, 11) is 0. The van der Waals surface area contributed by atoms with Crippen LogP contribution in [0, 0.1) is 6.92 Å². The molecule has 17 heavy (non-hydrogen) atoms. The number of hydrogen-bond donors (Lipinski definition) is 1. The molecule has 0 bridgehead atoms. The van der Waals surface area contributed by atoms with E-state index in [1.54, 1.807) is 17.8 Å². The van der Waals surface area contributed by atoms with Gasteiger partial charge in [-0.2, -0.15) is 0 Å². The van der Waals surface area contributed by atoms with Crippen LogP contribution in [-0.4, -0.2) is 0 Å². The van der Waals surface area contributed by atoms with Crippen molar-refractivity contribution in [2.75, 3.05) is 5.73 Å². The SMILES string of the molecule is Cc1ccc(Sc2ccc(Cl)c(Cl)c2)c(N)c1. The molecule has 0 saturated carbocycles.